The predicted octanol–water partition coefficient (Wildman–Crippen LogP) is 4.05. The molecule has 3 rings (SSSR count). The summed E-state index contributed by atoms with van der Waals surface area (Å²) in [5, 5.41) is 3.71. The van der Waals surface area contributed by atoms with Crippen molar-refractivity contribution in [2.24, 2.45) is 17.8 Å². The highest BCUT2D eigenvalue weighted by Crippen LogP contribution is 2.49. The smallest absolute Gasteiger partial charge is 0.141 e. The molecule has 104 valence electrons. The van der Waals surface area contributed by atoms with Crippen LogP contribution in [0.2, 0.25) is 5.02 Å². The van der Waals surface area contributed by atoms with E-state index < -0.39 is 0 Å². The molecule has 1 aromatic carbocycles. The lowest BCUT2D eigenvalue weighted by Gasteiger charge is -2.30. The standard InChI is InChI=1S/C16H21ClFN/c1-19-16(13-7-10-2-4-12(13)6-10)9-11-3-5-15(18)14(17)8-11/h3,5,8,10,12-13,16,19H,2,4,6-7,9H2,1H3. The van der Waals surface area contributed by atoms with Gasteiger partial charge in [0.2, 0.25) is 0 Å². The Morgan fingerprint density at radius 1 is 1.37 bits per heavy atom. The topological polar surface area (TPSA) is 12.0 Å². The lowest BCUT2D eigenvalue weighted by atomic mass is 9.81. The zero-order valence-electron chi connectivity index (χ0n) is 11.3. The van der Waals surface area contributed by atoms with E-state index in [2.05, 4.69) is 5.32 Å². The number of nitrogens with one attached hydrogen (secondary N) is 1. The van der Waals surface area contributed by atoms with Crippen molar-refractivity contribution in [1.82, 2.24) is 5.32 Å². The van der Waals surface area contributed by atoms with Gasteiger partial charge in [-0.1, -0.05) is 24.1 Å². The summed E-state index contributed by atoms with van der Waals surface area (Å²) in [6, 6.07) is 5.61. The summed E-state index contributed by atoms with van der Waals surface area (Å²) in [7, 11) is 2.04. The largest absolute Gasteiger partial charge is 0.316 e. The molecule has 0 heterocycles. The molecule has 2 aliphatic rings. The van der Waals surface area contributed by atoms with Gasteiger partial charge in [0.15, 0.2) is 0 Å². The summed E-state index contributed by atoms with van der Waals surface area (Å²) in [5.41, 5.74) is 1.13. The van der Waals surface area contributed by atoms with Crippen molar-refractivity contribution in [2.45, 2.75) is 38.1 Å². The Balaban J connectivity index is 1.71. The van der Waals surface area contributed by atoms with Crippen molar-refractivity contribution < 1.29 is 4.39 Å². The van der Waals surface area contributed by atoms with Crippen molar-refractivity contribution >= 4 is 11.6 Å². The fourth-order valence-electron chi connectivity index (χ4n) is 4.17. The van der Waals surface area contributed by atoms with Gasteiger partial charge in [0.05, 0.1) is 5.02 Å². The quantitative estimate of drug-likeness (QED) is 0.878. The molecule has 1 N–H and O–H groups in total. The van der Waals surface area contributed by atoms with E-state index in [4.69, 9.17) is 11.6 Å². The Kier molecular flexibility index (Phi) is 3.81. The Labute approximate surface area is 119 Å². The van der Waals surface area contributed by atoms with Crippen LogP contribution >= 0.6 is 11.6 Å². The van der Waals surface area contributed by atoms with Crippen LogP contribution in [0.4, 0.5) is 4.39 Å². The van der Waals surface area contributed by atoms with Crippen LogP contribution in [0.1, 0.15) is 31.2 Å². The first kappa shape index (κ1) is 13.4. The number of likely N-dealkylation sites (N-methyl/N-ethyl adjacent to an activating group) is 1. The highest BCUT2D eigenvalue weighted by Gasteiger charge is 2.42. The van der Waals surface area contributed by atoms with Crippen LogP contribution in [-0.2, 0) is 6.42 Å². The van der Waals surface area contributed by atoms with E-state index in [1.54, 1.807) is 6.07 Å². The summed E-state index contributed by atoms with van der Waals surface area (Å²) in [6.45, 7) is 0. The van der Waals surface area contributed by atoms with Gasteiger partial charge >= 0.3 is 0 Å². The SMILES string of the molecule is CNC(Cc1ccc(F)c(Cl)c1)C1CC2CCC1C2. The van der Waals surface area contributed by atoms with Crippen molar-refractivity contribution in [1.29, 1.82) is 0 Å². The van der Waals surface area contributed by atoms with Gasteiger partial charge in [-0.3, -0.25) is 0 Å². The maximum atomic E-state index is 13.2. The molecule has 3 heteroatoms. The molecule has 2 fully saturated rings. The van der Waals surface area contributed by atoms with Gasteiger partial charge in [-0.15, -0.1) is 0 Å². The average Bonchev–Trinajstić information content (AvgIpc) is 3.02. The van der Waals surface area contributed by atoms with Crippen molar-refractivity contribution in [3.05, 3.63) is 34.6 Å². The number of rotatable bonds is 4. The van der Waals surface area contributed by atoms with Gasteiger partial charge in [-0.25, -0.2) is 4.39 Å². The molecule has 2 saturated carbocycles. The number of halogens is 2. The maximum absolute atomic E-state index is 13.2. The summed E-state index contributed by atoms with van der Waals surface area (Å²) in [6.07, 6.45) is 6.57. The lowest BCUT2D eigenvalue weighted by molar-refractivity contribution is 0.255. The highest BCUT2D eigenvalue weighted by atomic mass is 35.5. The van der Waals surface area contributed by atoms with E-state index in [9.17, 15) is 4.39 Å². The molecule has 0 aliphatic heterocycles. The monoisotopic (exact) mass is 281 g/mol. The van der Waals surface area contributed by atoms with Gasteiger partial charge in [0, 0.05) is 6.04 Å². The molecule has 2 aliphatic carbocycles. The van der Waals surface area contributed by atoms with Crippen LogP contribution in [0.25, 0.3) is 0 Å². The fourth-order valence-corrected chi connectivity index (χ4v) is 4.38. The van der Waals surface area contributed by atoms with E-state index >= 15 is 0 Å². The molecule has 0 radical (unpaired) electrons. The molecule has 0 spiro atoms. The number of benzene rings is 1. The molecular formula is C16H21ClFN. The van der Waals surface area contributed by atoms with Crippen LogP contribution in [-0.4, -0.2) is 13.1 Å². The van der Waals surface area contributed by atoms with Crippen molar-refractivity contribution in [3.63, 3.8) is 0 Å². The third-order valence-electron chi connectivity index (χ3n) is 5.12. The number of fused-ring (bicyclic) bond motifs is 2. The molecule has 0 amide bonds. The zero-order chi connectivity index (χ0) is 13.4. The molecule has 4 atom stereocenters. The van der Waals surface area contributed by atoms with Gasteiger partial charge in [-0.2, -0.15) is 0 Å². The zero-order valence-corrected chi connectivity index (χ0v) is 12.1. The first-order valence-corrected chi connectivity index (χ1v) is 7.66. The highest BCUT2D eigenvalue weighted by molar-refractivity contribution is 6.30. The third kappa shape index (κ3) is 2.66. The van der Waals surface area contributed by atoms with Gasteiger partial charge in [0.25, 0.3) is 0 Å². The Hall–Kier alpha value is -0.600. The second-order valence-electron chi connectivity index (χ2n) is 6.19. The molecule has 1 nitrogen and oxygen atoms in total. The lowest BCUT2D eigenvalue weighted by Crippen LogP contribution is -2.38. The van der Waals surface area contributed by atoms with Gasteiger partial charge in [-0.05, 0) is 68.2 Å². The Bertz CT molecular complexity index is 462. The van der Waals surface area contributed by atoms with Gasteiger partial charge in [0.1, 0.15) is 5.82 Å². The maximum Gasteiger partial charge on any atom is 0.141 e. The van der Waals surface area contributed by atoms with Crippen LogP contribution in [0.3, 0.4) is 0 Å². The summed E-state index contributed by atoms with van der Waals surface area (Å²) in [5.74, 6) is 2.32. The minimum absolute atomic E-state index is 0.236. The third-order valence-corrected chi connectivity index (χ3v) is 5.41. The molecule has 1 aromatic rings. The van der Waals surface area contributed by atoms with E-state index in [0.717, 1.165) is 29.7 Å². The normalized spacial score (nSPS) is 30.8. The average molecular weight is 282 g/mol. The van der Waals surface area contributed by atoms with E-state index in [-0.39, 0.29) is 10.8 Å². The van der Waals surface area contributed by atoms with Gasteiger partial charge < -0.3 is 5.32 Å². The van der Waals surface area contributed by atoms with Crippen LogP contribution in [0.15, 0.2) is 18.2 Å². The Morgan fingerprint density at radius 3 is 2.79 bits per heavy atom. The van der Waals surface area contributed by atoms with Crippen LogP contribution < -0.4 is 5.32 Å². The summed E-state index contributed by atoms with van der Waals surface area (Å²) < 4.78 is 13.2. The summed E-state index contributed by atoms with van der Waals surface area (Å²) in [4.78, 5) is 0. The Morgan fingerprint density at radius 2 is 2.21 bits per heavy atom. The molecule has 19 heavy (non-hydrogen) atoms. The summed E-state index contributed by atoms with van der Waals surface area (Å²) >= 11 is 5.87. The van der Waals surface area contributed by atoms with Crippen molar-refractivity contribution in [3.8, 4) is 0 Å². The molecule has 0 saturated heterocycles. The fraction of sp³-hybridized carbons (Fsp3) is 0.625. The molecule has 4 unspecified atom stereocenters. The van der Waals surface area contributed by atoms with E-state index in [1.807, 2.05) is 13.1 Å². The van der Waals surface area contributed by atoms with E-state index in [1.165, 1.54) is 31.7 Å². The second kappa shape index (κ2) is 5.41. The minimum atomic E-state index is -0.327. The minimum Gasteiger partial charge on any atom is -0.316 e. The van der Waals surface area contributed by atoms with E-state index in [0.29, 0.717) is 6.04 Å². The van der Waals surface area contributed by atoms with Crippen LogP contribution in [0, 0.1) is 23.6 Å². The molecule has 2 bridgehead atoms. The van der Waals surface area contributed by atoms with Crippen molar-refractivity contribution in [2.75, 3.05) is 7.05 Å². The first-order chi connectivity index (χ1) is 9.17. The van der Waals surface area contributed by atoms with Crippen LogP contribution in [0.5, 0.6) is 0 Å². The second-order valence-corrected chi connectivity index (χ2v) is 6.59. The molecule has 0 aromatic heterocycles. The molecular weight excluding hydrogens is 261 g/mol. The predicted molar refractivity (Wildman–Crippen MR) is 76.9 cm³/mol. The number of hydrogen-bond acceptors (Lipinski definition) is 1. The first-order valence-electron chi connectivity index (χ1n) is 7.28. The number of hydrogen-bond donors (Lipinski definition) is 1.